The van der Waals surface area contributed by atoms with E-state index in [0.29, 0.717) is 5.75 Å². The van der Waals surface area contributed by atoms with E-state index < -0.39 is 5.97 Å². The number of nitriles is 1. The summed E-state index contributed by atoms with van der Waals surface area (Å²) in [4.78, 5) is 10.9. The summed E-state index contributed by atoms with van der Waals surface area (Å²) in [6, 6.07) is 12.8. The van der Waals surface area contributed by atoms with Gasteiger partial charge < -0.3 is 9.84 Å². The highest BCUT2D eigenvalue weighted by Gasteiger charge is 2.10. The zero-order chi connectivity index (χ0) is 13.8. The number of nitrogens with zero attached hydrogens (tertiary/aromatic N) is 1. The van der Waals surface area contributed by atoms with Crippen LogP contribution in [0.4, 0.5) is 0 Å². The average molecular weight is 274 g/mol. The highest BCUT2D eigenvalue weighted by Crippen LogP contribution is 2.29. The van der Waals surface area contributed by atoms with Crippen LogP contribution in [0.3, 0.4) is 0 Å². The van der Waals surface area contributed by atoms with Crippen molar-refractivity contribution in [3.63, 3.8) is 0 Å². The van der Waals surface area contributed by atoms with Gasteiger partial charge in [0, 0.05) is 0 Å². The molecular formula is C14H8ClNO3. The molecule has 2 rings (SSSR count). The molecule has 0 bridgehead atoms. The third-order valence-corrected chi connectivity index (χ3v) is 2.71. The van der Waals surface area contributed by atoms with Crippen LogP contribution in [0, 0.1) is 11.3 Å². The highest BCUT2D eigenvalue weighted by atomic mass is 35.5. The predicted molar refractivity (Wildman–Crippen MR) is 69.6 cm³/mol. The first kappa shape index (κ1) is 12.9. The van der Waals surface area contributed by atoms with Crippen molar-refractivity contribution in [3.05, 3.63) is 58.6 Å². The van der Waals surface area contributed by atoms with Gasteiger partial charge in [-0.05, 0) is 30.3 Å². The molecule has 0 aliphatic carbocycles. The van der Waals surface area contributed by atoms with Crippen molar-refractivity contribution in [2.24, 2.45) is 0 Å². The summed E-state index contributed by atoms with van der Waals surface area (Å²) in [5, 5.41) is 18.2. The zero-order valence-electron chi connectivity index (χ0n) is 9.63. The number of hydrogen-bond donors (Lipinski definition) is 1. The van der Waals surface area contributed by atoms with Crippen LogP contribution in [0.2, 0.25) is 5.02 Å². The van der Waals surface area contributed by atoms with Crippen LogP contribution in [0.5, 0.6) is 11.5 Å². The molecule has 0 spiro atoms. The fourth-order valence-corrected chi connectivity index (χ4v) is 1.73. The summed E-state index contributed by atoms with van der Waals surface area (Å²) in [5.41, 5.74) is 0.322. The summed E-state index contributed by atoms with van der Waals surface area (Å²) in [6.45, 7) is 0. The maximum Gasteiger partial charge on any atom is 0.335 e. The number of aromatic carboxylic acids is 1. The number of ether oxygens (including phenoxy) is 1. The quantitative estimate of drug-likeness (QED) is 0.925. The Kier molecular flexibility index (Phi) is 3.69. The van der Waals surface area contributed by atoms with Crippen LogP contribution in [0.15, 0.2) is 42.5 Å². The fraction of sp³-hybridized carbons (Fsp3) is 0. The smallest absolute Gasteiger partial charge is 0.335 e. The normalized spacial score (nSPS) is 9.68. The van der Waals surface area contributed by atoms with Gasteiger partial charge in [0.05, 0.1) is 10.6 Å². The van der Waals surface area contributed by atoms with Crippen molar-refractivity contribution < 1.29 is 14.6 Å². The molecule has 0 saturated carbocycles. The Bertz CT molecular complexity index is 677. The molecule has 0 aliphatic heterocycles. The molecule has 4 nitrogen and oxygen atoms in total. The van der Waals surface area contributed by atoms with Crippen LogP contribution in [0.1, 0.15) is 15.9 Å². The van der Waals surface area contributed by atoms with E-state index in [9.17, 15) is 4.79 Å². The molecule has 2 aromatic carbocycles. The topological polar surface area (TPSA) is 70.3 Å². The average Bonchev–Trinajstić information content (AvgIpc) is 2.39. The summed E-state index contributed by atoms with van der Waals surface area (Å²) >= 11 is 5.88. The first-order valence-corrected chi connectivity index (χ1v) is 5.69. The Morgan fingerprint density at radius 3 is 2.68 bits per heavy atom. The zero-order valence-corrected chi connectivity index (χ0v) is 10.4. The molecule has 0 aliphatic rings. The second-order valence-corrected chi connectivity index (χ2v) is 4.07. The van der Waals surface area contributed by atoms with Gasteiger partial charge >= 0.3 is 5.97 Å². The Morgan fingerprint density at radius 1 is 1.26 bits per heavy atom. The van der Waals surface area contributed by atoms with Crippen molar-refractivity contribution >= 4 is 17.6 Å². The predicted octanol–water partition coefficient (Wildman–Crippen LogP) is 3.70. The van der Waals surface area contributed by atoms with Crippen LogP contribution < -0.4 is 4.74 Å². The molecule has 0 atom stereocenters. The second kappa shape index (κ2) is 5.42. The summed E-state index contributed by atoms with van der Waals surface area (Å²) in [6.07, 6.45) is 0. The molecule has 0 aromatic heterocycles. The van der Waals surface area contributed by atoms with Crippen molar-refractivity contribution in [1.82, 2.24) is 0 Å². The molecule has 1 N–H and O–H groups in total. The summed E-state index contributed by atoms with van der Waals surface area (Å²) in [7, 11) is 0. The van der Waals surface area contributed by atoms with Gasteiger partial charge in [0.1, 0.15) is 23.1 Å². The van der Waals surface area contributed by atoms with Gasteiger partial charge in [-0.25, -0.2) is 4.79 Å². The van der Waals surface area contributed by atoms with Gasteiger partial charge in [-0.15, -0.1) is 0 Å². The van der Waals surface area contributed by atoms with Crippen LogP contribution in [0.25, 0.3) is 0 Å². The standard InChI is InChI=1S/C14H8ClNO3/c15-12-5-2-6-13(11(12)8-16)19-10-4-1-3-9(7-10)14(17)18/h1-7H,(H,17,18). The lowest BCUT2D eigenvalue weighted by molar-refractivity contribution is 0.0696. The highest BCUT2D eigenvalue weighted by molar-refractivity contribution is 6.31. The third-order valence-electron chi connectivity index (χ3n) is 2.40. The first-order valence-electron chi connectivity index (χ1n) is 5.31. The van der Waals surface area contributed by atoms with Gasteiger partial charge in [-0.3, -0.25) is 0 Å². The molecule has 5 heteroatoms. The molecular weight excluding hydrogens is 266 g/mol. The molecule has 2 aromatic rings. The third kappa shape index (κ3) is 2.84. The Labute approximate surface area is 114 Å². The SMILES string of the molecule is N#Cc1c(Cl)cccc1Oc1cccc(C(=O)O)c1. The van der Waals surface area contributed by atoms with E-state index in [2.05, 4.69) is 0 Å². The van der Waals surface area contributed by atoms with Crippen molar-refractivity contribution in [2.45, 2.75) is 0 Å². The second-order valence-electron chi connectivity index (χ2n) is 3.66. The van der Waals surface area contributed by atoms with E-state index in [1.165, 1.54) is 12.1 Å². The number of benzene rings is 2. The summed E-state index contributed by atoms with van der Waals surface area (Å²) in [5.74, 6) is -0.423. The van der Waals surface area contributed by atoms with E-state index >= 15 is 0 Å². The fourth-order valence-electron chi connectivity index (χ4n) is 1.52. The van der Waals surface area contributed by atoms with E-state index in [0.717, 1.165) is 0 Å². The minimum Gasteiger partial charge on any atom is -0.478 e. The molecule has 0 fully saturated rings. The molecule has 94 valence electrons. The van der Waals surface area contributed by atoms with Crippen LogP contribution in [-0.2, 0) is 0 Å². The molecule has 0 unspecified atom stereocenters. The number of rotatable bonds is 3. The Hall–Kier alpha value is -2.51. The van der Waals surface area contributed by atoms with Crippen LogP contribution >= 0.6 is 11.6 Å². The van der Waals surface area contributed by atoms with E-state index in [1.807, 2.05) is 6.07 Å². The molecule has 0 radical (unpaired) electrons. The van der Waals surface area contributed by atoms with Gasteiger partial charge in [0.25, 0.3) is 0 Å². The maximum absolute atomic E-state index is 10.9. The molecule has 0 heterocycles. The number of carbonyl (C=O) groups is 1. The minimum absolute atomic E-state index is 0.109. The Balaban J connectivity index is 2.37. The van der Waals surface area contributed by atoms with Gasteiger partial charge in [-0.1, -0.05) is 23.7 Å². The molecule has 19 heavy (non-hydrogen) atoms. The van der Waals surface area contributed by atoms with Gasteiger partial charge in [0.2, 0.25) is 0 Å². The Morgan fingerprint density at radius 2 is 2.00 bits per heavy atom. The minimum atomic E-state index is -1.04. The van der Waals surface area contributed by atoms with Crippen molar-refractivity contribution in [1.29, 1.82) is 5.26 Å². The van der Waals surface area contributed by atoms with Crippen molar-refractivity contribution in [3.8, 4) is 17.6 Å². The largest absolute Gasteiger partial charge is 0.478 e. The van der Waals surface area contributed by atoms with Gasteiger partial charge in [0.15, 0.2) is 0 Å². The first-order chi connectivity index (χ1) is 9.11. The number of halogens is 1. The lowest BCUT2D eigenvalue weighted by Crippen LogP contribution is -1.96. The van der Waals surface area contributed by atoms with E-state index in [1.54, 1.807) is 30.3 Å². The summed E-state index contributed by atoms with van der Waals surface area (Å²) < 4.78 is 5.50. The monoisotopic (exact) mass is 273 g/mol. The van der Waals surface area contributed by atoms with Gasteiger partial charge in [-0.2, -0.15) is 5.26 Å². The maximum atomic E-state index is 10.9. The van der Waals surface area contributed by atoms with E-state index in [4.69, 9.17) is 26.7 Å². The lowest BCUT2D eigenvalue weighted by Gasteiger charge is -2.08. The number of carboxylic acid groups (broad SMARTS) is 1. The molecule has 0 amide bonds. The molecule has 0 saturated heterocycles. The van der Waals surface area contributed by atoms with Crippen LogP contribution in [-0.4, -0.2) is 11.1 Å². The van der Waals surface area contributed by atoms with Crippen molar-refractivity contribution in [2.75, 3.05) is 0 Å². The van der Waals surface area contributed by atoms with E-state index in [-0.39, 0.29) is 21.9 Å². The number of carboxylic acids is 1. The number of hydrogen-bond acceptors (Lipinski definition) is 3. The lowest BCUT2D eigenvalue weighted by atomic mass is 10.2.